The summed E-state index contributed by atoms with van der Waals surface area (Å²) in [5, 5.41) is 18.0. The van der Waals surface area contributed by atoms with E-state index in [0.29, 0.717) is 13.2 Å². The number of nitrogens with zero attached hydrogens (tertiary/aromatic N) is 1. The fraction of sp³-hybridized carbons (Fsp3) is 0.462. The Morgan fingerprint density at radius 2 is 2.05 bits per heavy atom. The molecule has 0 atom stereocenters. The third-order valence-corrected chi connectivity index (χ3v) is 4.69. The highest BCUT2D eigenvalue weighted by Crippen LogP contribution is 2.32. The molecule has 2 rings (SSSR count). The molecule has 0 aromatic heterocycles. The number of hydrogen-bond acceptors (Lipinski definition) is 6. The predicted molar refractivity (Wildman–Crippen MR) is 69.6 cm³/mol. The van der Waals surface area contributed by atoms with Gasteiger partial charge < -0.3 is 14.6 Å². The Morgan fingerprint density at radius 3 is 2.65 bits per heavy atom. The summed E-state index contributed by atoms with van der Waals surface area (Å²) < 4.78 is 35.2. The summed E-state index contributed by atoms with van der Waals surface area (Å²) in [6, 6.07) is 6.38. The van der Waals surface area contributed by atoms with Gasteiger partial charge in [-0.15, -0.1) is 0 Å². The molecule has 20 heavy (non-hydrogen) atoms. The molecule has 1 aliphatic rings. The number of ether oxygens (including phenoxy) is 2. The lowest BCUT2D eigenvalue weighted by Crippen LogP contribution is -2.22. The van der Waals surface area contributed by atoms with Gasteiger partial charge >= 0.3 is 0 Å². The summed E-state index contributed by atoms with van der Waals surface area (Å²) in [6.45, 7) is 0.415. The van der Waals surface area contributed by atoms with Crippen LogP contribution in [0.5, 0.6) is 0 Å². The first-order chi connectivity index (χ1) is 9.60. The Bertz CT molecular complexity index is 614. The van der Waals surface area contributed by atoms with E-state index in [1.165, 1.54) is 18.2 Å². The van der Waals surface area contributed by atoms with Crippen molar-refractivity contribution in [3.8, 4) is 6.07 Å². The molecule has 7 heteroatoms. The maximum Gasteiger partial charge on any atom is 0.186 e. The second-order valence-corrected chi connectivity index (χ2v) is 6.38. The Hall–Kier alpha value is -1.46. The van der Waals surface area contributed by atoms with E-state index in [4.69, 9.17) is 19.8 Å². The standard InChI is InChI=1S/C13H15NO5S/c14-9-10-3-1-4-11(20(16,17)8-5-15)12(10)13-18-6-2-7-19-13/h1,3-4,13,15H,2,5-8H2. The van der Waals surface area contributed by atoms with Crippen LogP contribution in [0.4, 0.5) is 0 Å². The molecule has 1 heterocycles. The van der Waals surface area contributed by atoms with Crippen molar-refractivity contribution in [1.29, 1.82) is 5.26 Å². The van der Waals surface area contributed by atoms with Crippen LogP contribution in [0, 0.1) is 11.3 Å². The Labute approximate surface area is 117 Å². The monoisotopic (exact) mass is 297 g/mol. The minimum atomic E-state index is -3.68. The number of hydrogen-bond donors (Lipinski definition) is 1. The summed E-state index contributed by atoms with van der Waals surface area (Å²) in [6.07, 6.45) is -0.132. The van der Waals surface area contributed by atoms with Crippen molar-refractivity contribution in [2.45, 2.75) is 17.6 Å². The van der Waals surface area contributed by atoms with Gasteiger partial charge in [0.25, 0.3) is 0 Å². The minimum Gasteiger partial charge on any atom is -0.395 e. The van der Waals surface area contributed by atoms with Gasteiger partial charge in [-0.3, -0.25) is 0 Å². The zero-order valence-electron chi connectivity index (χ0n) is 10.8. The fourth-order valence-electron chi connectivity index (χ4n) is 2.04. The molecule has 108 valence electrons. The van der Waals surface area contributed by atoms with Crippen LogP contribution in [0.2, 0.25) is 0 Å². The van der Waals surface area contributed by atoms with E-state index in [1.807, 2.05) is 6.07 Å². The minimum absolute atomic E-state index is 0.0162. The predicted octanol–water partition coefficient (Wildman–Crippen LogP) is 0.760. The Balaban J connectivity index is 2.54. The summed E-state index contributed by atoms with van der Waals surface area (Å²) in [7, 11) is -3.68. The third kappa shape index (κ3) is 2.99. The van der Waals surface area contributed by atoms with Gasteiger partial charge in [-0.05, 0) is 18.6 Å². The Kier molecular flexibility index (Phi) is 4.73. The smallest absolute Gasteiger partial charge is 0.186 e. The SMILES string of the molecule is N#Cc1cccc(S(=O)(=O)CCO)c1C1OCCCO1. The van der Waals surface area contributed by atoms with Crippen LogP contribution < -0.4 is 0 Å². The van der Waals surface area contributed by atoms with E-state index in [-0.39, 0.29) is 16.0 Å². The molecule has 0 saturated carbocycles. The molecule has 1 aliphatic heterocycles. The molecule has 6 nitrogen and oxygen atoms in total. The molecule has 0 radical (unpaired) electrons. The first-order valence-electron chi connectivity index (χ1n) is 6.20. The second kappa shape index (κ2) is 6.33. The number of benzene rings is 1. The lowest BCUT2D eigenvalue weighted by atomic mass is 10.1. The van der Waals surface area contributed by atoms with Crippen LogP contribution in [-0.4, -0.2) is 39.1 Å². The lowest BCUT2D eigenvalue weighted by molar-refractivity contribution is -0.184. The van der Waals surface area contributed by atoms with Gasteiger partial charge in [0, 0.05) is 5.56 Å². The topological polar surface area (TPSA) is 96.6 Å². The van der Waals surface area contributed by atoms with Crippen LogP contribution in [0.1, 0.15) is 23.8 Å². The van der Waals surface area contributed by atoms with Gasteiger partial charge in [0.05, 0.1) is 42.1 Å². The van der Waals surface area contributed by atoms with Crippen molar-refractivity contribution < 1.29 is 23.0 Å². The van der Waals surface area contributed by atoms with Gasteiger partial charge in [-0.1, -0.05) is 6.07 Å². The highest BCUT2D eigenvalue weighted by atomic mass is 32.2. The largest absolute Gasteiger partial charge is 0.395 e. The molecule has 0 aliphatic carbocycles. The van der Waals surface area contributed by atoms with Crippen LogP contribution in [0.25, 0.3) is 0 Å². The van der Waals surface area contributed by atoms with E-state index in [1.54, 1.807) is 0 Å². The molecular formula is C13H15NO5S. The first kappa shape index (κ1) is 14.9. The van der Waals surface area contributed by atoms with Crippen LogP contribution in [0.15, 0.2) is 23.1 Å². The third-order valence-electron chi connectivity index (χ3n) is 2.94. The van der Waals surface area contributed by atoms with E-state index in [0.717, 1.165) is 6.42 Å². The molecular weight excluding hydrogens is 282 g/mol. The fourth-order valence-corrected chi connectivity index (χ4v) is 3.33. The van der Waals surface area contributed by atoms with Crippen LogP contribution in [-0.2, 0) is 19.3 Å². The van der Waals surface area contributed by atoms with Gasteiger partial charge in [-0.2, -0.15) is 5.26 Å². The lowest BCUT2D eigenvalue weighted by Gasteiger charge is -2.25. The number of rotatable bonds is 4. The molecule has 1 fully saturated rings. The van der Waals surface area contributed by atoms with Crippen molar-refractivity contribution >= 4 is 9.84 Å². The van der Waals surface area contributed by atoms with Gasteiger partial charge in [0.15, 0.2) is 16.1 Å². The molecule has 0 spiro atoms. The highest BCUT2D eigenvalue weighted by Gasteiger charge is 2.28. The van der Waals surface area contributed by atoms with Crippen LogP contribution >= 0.6 is 0 Å². The molecule has 1 aromatic carbocycles. The first-order valence-corrected chi connectivity index (χ1v) is 7.85. The van der Waals surface area contributed by atoms with Crippen molar-refractivity contribution in [2.75, 3.05) is 25.6 Å². The van der Waals surface area contributed by atoms with E-state index < -0.39 is 28.5 Å². The van der Waals surface area contributed by atoms with Crippen molar-refractivity contribution in [3.05, 3.63) is 29.3 Å². The van der Waals surface area contributed by atoms with Gasteiger partial charge in [-0.25, -0.2) is 8.42 Å². The maximum atomic E-state index is 12.2. The van der Waals surface area contributed by atoms with E-state index in [2.05, 4.69) is 0 Å². The summed E-state index contributed by atoms with van der Waals surface area (Å²) in [5.74, 6) is -0.401. The molecule has 1 aromatic rings. The van der Waals surface area contributed by atoms with Gasteiger partial charge in [0.1, 0.15) is 0 Å². The molecule has 0 amide bonds. The average Bonchev–Trinajstić information content (AvgIpc) is 2.47. The second-order valence-electron chi connectivity index (χ2n) is 4.30. The van der Waals surface area contributed by atoms with E-state index in [9.17, 15) is 8.42 Å². The number of sulfone groups is 1. The average molecular weight is 297 g/mol. The van der Waals surface area contributed by atoms with Crippen molar-refractivity contribution in [1.82, 2.24) is 0 Å². The maximum absolute atomic E-state index is 12.2. The quantitative estimate of drug-likeness (QED) is 0.881. The van der Waals surface area contributed by atoms with Gasteiger partial charge in [0.2, 0.25) is 0 Å². The van der Waals surface area contributed by atoms with Crippen molar-refractivity contribution in [3.63, 3.8) is 0 Å². The Morgan fingerprint density at radius 1 is 1.35 bits per heavy atom. The molecule has 0 unspecified atom stereocenters. The highest BCUT2D eigenvalue weighted by molar-refractivity contribution is 7.91. The number of aliphatic hydroxyl groups is 1. The van der Waals surface area contributed by atoms with Crippen LogP contribution in [0.3, 0.4) is 0 Å². The molecule has 0 bridgehead atoms. The zero-order valence-corrected chi connectivity index (χ0v) is 11.6. The summed E-state index contributed by atoms with van der Waals surface area (Å²) >= 11 is 0. The normalized spacial score (nSPS) is 16.8. The zero-order chi connectivity index (χ0) is 14.6. The van der Waals surface area contributed by atoms with E-state index >= 15 is 0 Å². The molecule has 1 saturated heterocycles. The number of aliphatic hydroxyl groups excluding tert-OH is 1. The summed E-state index contributed by atoms with van der Waals surface area (Å²) in [5.41, 5.74) is 0.430. The molecule has 1 N–H and O–H groups in total. The number of nitriles is 1. The summed E-state index contributed by atoms with van der Waals surface area (Å²) in [4.78, 5) is -0.0162. The van der Waals surface area contributed by atoms with Crippen molar-refractivity contribution in [2.24, 2.45) is 0 Å².